The lowest BCUT2D eigenvalue weighted by atomic mass is 9.95. The van der Waals surface area contributed by atoms with Gasteiger partial charge in [0.1, 0.15) is 17.3 Å². The molecule has 2 aromatic carbocycles. The third kappa shape index (κ3) is 3.31. The average molecular weight is 455 g/mol. The number of rotatable bonds is 3. The summed E-state index contributed by atoms with van der Waals surface area (Å²) in [5.74, 6) is -1.27. The molecule has 0 radical (unpaired) electrons. The zero-order valence-electron chi connectivity index (χ0n) is 15.2. The number of Topliss-reactive ketones (excluding diaryl/α,β-unsaturated/α-hetero) is 1. The Morgan fingerprint density at radius 1 is 1.10 bits per heavy atom. The minimum atomic E-state index is -0.927. The smallest absolute Gasteiger partial charge is 0.301 e. The second-order valence-electron chi connectivity index (χ2n) is 6.56. The molecule has 1 aliphatic rings. The number of hydrogen-bond donors (Lipinski definition) is 2. The SMILES string of the molecule is Cc1cc(N2C(=O)C(=O)C(=C(O)c3ccc(Br)cc3)[C@H]2c2ccc(O)cc2)no1. The Labute approximate surface area is 174 Å². The van der Waals surface area contributed by atoms with E-state index in [2.05, 4.69) is 21.1 Å². The summed E-state index contributed by atoms with van der Waals surface area (Å²) in [6.07, 6.45) is 0. The second kappa shape index (κ2) is 7.21. The van der Waals surface area contributed by atoms with Gasteiger partial charge in [-0.2, -0.15) is 0 Å². The number of nitrogens with zero attached hydrogens (tertiary/aromatic N) is 2. The molecule has 0 saturated carbocycles. The molecule has 29 heavy (non-hydrogen) atoms. The highest BCUT2D eigenvalue weighted by Crippen LogP contribution is 2.42. The van der Waals surface area contributed by atoms with Crippen LogP contribution in [0, 0.1) is 6.92 Å². The Balaban J connectivity index is 1.93. The fraction of sp³-hybridized carbons (Fsp3) is 0.0952. The van der Waals surface area contributed by atoms with Crippen molar-refractivity contribution in [2.75, 3.05) is 4.90 Å². The van der Waals surface area contributed by atoms with E-state index in [1.165, 1.54) is 23.1 Å². The largest absolute Gasteiger partial charge is 0.508 e. The molecule has 0 bridgehead atoms. The molecule has 7 nitrogen and oxygen atoms in total. The first kappa shape index (κ1) is 18.9. The van der Waals surface area contributed by atoms with Crippen molar-refractivity contribution in [3.63, 3.8) is 0 Å². The van der Waals surface area contributed by atoms with Gasteiger partial charge in [-0.3, -0.25) is 14.5 Å². The van der Waals surface area contributed by atoms with Gasteiger partial charge in [-0.25, -0.2) is 0 Å². The molecule has 1 saturated heterocycles. The zero-order valence-corrected chi connectivity index (χ0v) is 16.8. The van der Waals surface area contributed by atoms with Gasteiger partial charge >= 0.3 is 5.91 Å². The van der Waals surface area contributed by atoms with Crippen LogP contribution in [0.2, 0.25) is 0 Å². The maximum atomic E-state index is 12.9. The van der Waals surface area contributed by atoms with Crippen LogP contribution in [-0.2, 0) is 9.59 Å². The maximum absolute atomic E-state index is 12.9. The molecule has 146 valence electrons. The molecule has 3 aromatic rings. The van der Waals surface area contributed by atoms with Crippen LogP contribution in [-0.4, -0.2) is 27.1 Å². The van der Waals surface area contributed by atoms with E-state index in [0.717, 1.165) is 4.47 Å². The molecule has 2 heterocycles. The van der Waals surface area contributed by atoms with Crippen LogP contribution in [0.15, 0.2) is 69.2 Å². The van der Waals surface area contributed by atoms with Crippen LogP contribution >= 0.6 is 15.9 Å². The molecule has 8 heteroatoms. The topological polar surface area (TPSA) is 104 Å². The first-order chi connectivity index (χ1) is 13.9. The number of carbonyl (C=O) groups is 2. The van der Waals surface area contributed by atoms with Crippen LogP contribution in [0.4, 0.5) is 5.82 Å². The highest BCUT2D eigenvalue weighted by atomic mass is 79.9. The van der Waals surface area contributed by atoms with Gasteiger partial charge in [0.05, 0.1) is 11.6 Å². The third-order valence-electron chi connectivity index (χ3n) is 4.63. The van der Waals surface area contributed by atoms with Crippen LogP contribution < -0.4 is 4.90 Å². The molecule has 1 atom stereocenters. The van der Waals surface area contributed by atoms with Gasteiger partial charge < -0.3 is 14.7 Å². The molecule has 0 unspecified atom stereocenters. The van der Waals surface area contributed by atoms with Crippen molar-refractivity contribution in [1.82, 2.24) is 5.16 Å². The van der Waals surface area contributed by atoms with Crippen molar-refractivity contribution in [3.05, 3.63) is 81.5 Å². The van der Waals surface area contributed by atoms with Crippen LogP contribution in [0.1, 0.15) is 22.9 Å². The summed E-state index contributed by atoms with van der Waals surface area (Å²) in [4.78, 5) is 27.0. The number of benzene rings is 2. The Hall–Kier alpha value is -3.39. The third-order valence-corrected chi connectivity index (χ3v) is 5.16. The standard InChI is InChI=1S/C21H15BrN2O5/c1-11-10-16(23-29-11)24-18(12-4-8-15(25)9-5-12)17(20(27)21(24)28)19(26)13-2-6-14(22)7-3-13/h2-10,18,25-26H,1H3/t18-/m1/s1. The predicted molar refractivity (Wildman–Crippen MR) is 108 cm³/mol. The maximum Gasteiger partial charge on any atom is 0.301 e. The number of aliphatic hydroxyl groups is 1. The van der Waals surface area contributed by atoms with Crippen molar-refractivity contribution < 1.29 is 24.3 Å². The van der Waals surface area contributed by atoms with E-state index < -0.39 is 17.7 Å². The molecule has 1 amide bonds. The lowest BCUT2D eigenvalue weighted by Gasteiger charge is -2.22. The summed E-state index contributed by atoms with van der Waals surface area (Å²) in [6, 6.07) is 13.4. The number of amides is 1. The summed E-state index contributed by atoms with van der Waals surface area (Å²) < 4.78 is 5.89. The zero-order chi connectivity index (χ0) is 20.7. The lowest BCUT2D eigenvalue weighted by Crippen LogP contribution is -2.29. The number of aliphatic hydroxyl groups excluding tert-OH is 1. The van der Waals surface area contributed by atoms with Gasteiger partial charge in [0.15, 0.2) is 5.82 Å². The number of anilines is 1. The van der Waals surface area contributed by atoms with E-state index in [-0.39, 0.29) is 22.9 Å². The van der Waals surface area contributed by atoms with Crippen molar-refractivity contribution in [2.45, 2.75) is 13.0 Å². The minimum Gasteiger partial charge on any atom is -0.508 e. The summed E-state index contributed by atoms with van der Waals surface area (Å²) in [7, 11) is 0. The van der Waals surface area contributed by atoms with Gasteiger partial charge in [-0.05, 0) is 36.8 Å². The Bertz CT molecular complexity index is 1130. The number of aromatic hydroxyl groups is 1. The number of aryl methyl sites for hydroxylation is 1. The number of phenolic OH excluding ortho intramolecular Hbond substituents is 1. The summed E-state index contributed by atoms with van der Waals surface area (Å²) in [6.45, 7) is 1.67. The number of phenols is 1. The summed E-state index contributed by atoms with van der Waals surface area (Å²) >= 11 is 3.33. The number of aromatic nitrogens is 1. The fourth-order valence-corrected chi connectivity index (χ4v) is 3.54. The number of halogens is 1. The summed E-state index contributed by atoms with van der Waals surface area (Å²) in [5.41, 5.74) is 0.858. The molecule has 0 spiro atoms. The van der Waals surface area contributed by atoms with E-state index in [1.807, 2.05) is 0 Å². The highest BCUT2D eigenvalue weighted by Gasteiger charge is 2.48. The van der Waals surface area contributed by atoms with Crippen molar-refractivity contribution in [1.29, 1.82) is 0 Å². The average Bonchev–Trinajstić information content (AvgIpc) is 3.24. The van der Waals surface area contributed by atoms with Gasteiger partial charge in [-0.15, -0.1) is 0 Å². The Morgan fingerprint density at radius 2 is 1.76 bits per heavy atom. The molecule has 1 aliphatic heterocycles. The van der Waals surface area contributed by atoms with Crippen LogP contribution in [0.5, 0.6) is 5.75 Å². The monoisotopic (exact) mass is 454 g/mol. The van der Waals surface area contributed by atoms with E-state index in [9.17, 15) is 19.8 Å². The van der Waals surface area contributed by atoms with Gasteiger partial charge in [0, 0.05) is 16.1 Å². The van der Waals surface area contributed by atoms with Crippen LogP contribution in [0.3, 0.4) is 0 Å². The molecule has 0 aliphatic carbocycles. The van der Waals surface area contributed by atoms with E-state index in [4.69, 9.17) is 4.52 Å². The van der Waals surface area contributed by atoms with Gasteiger partial charge in [0.25, 0.3) is 5.78 Å². The van der Waals surface area contributed by atoms with E-state index in [1.54, 1.807) is 43.3 Å². The van der Waals surface area contributed by atoms with E-state index in [0.29, 0.717) is 16.9 Å². The van der Waals surface area contributed by atoms with Crippen molar-refractivity contribution in [2.24, 2.45) is 0 Å². The lowest BCUT2D eigenvalue weighted by molar-refractivity contribution is -0.132. The number of ketones is 1. The van der Waals surface area contributed by atoms with Crippen molar-refractivity contribution >= 4 is 39.2 Å². The fourth-order valence-electron chi connectivity index (χ4n) is 3.27. The first-order valence-electron chi connectivity index (χ1n) is 8.66. The second-order valence-corrected chi connectivity index (χ2v) is 7.48. The molecule has 4 rings (SSSR count). The number of carbonyl (C=O) groups excluding carboxylic acids is 2. The van der Waals surface area contributed by atoms with Crippen LogP contribution in [0.25, 0.3) is 5.76 Å². The highest BCUT2D eigenvalue weighted by molar-refractivity contribution is 9.10. The molecule has 1 aromatic heterocycles. The molecule has 2 N–H and O–H groups in total. The van der Waals surface area contributed by atoms with Gasteiger partial charge in [-0.1, -0.05) is 45.4 Å². The quantitative estimate of drug-likeness (QED) is 0.351. The predicted octanol–water partition coefficient (Wildman–Crippen LogP) is 4.08. The number of hydrogen-bond acceptors (Lipinski definition) is 6. The van der Waals surface area contributed by atoms with E-state index >= 15 is 0 Å². The minimum absolute atomic E-state index is 0.0379. The Morgan fingerprint density at radius 3 is 2.34 bits per heavy atom. The van der Waals surface area contributed by atoms with Gasteiger partial charge in [0.2, 0.25) is 0 Å². The molecular formula is C21H15BrN2O5. The first-order valence-corrected chi connectivity index (χ1v) is 9.45. The molecule has 1 fully saturated rings. The Kier molecular flexibility index (Phi) is 4.71. The van der Waals surface area contributed by atoms with Crippen molar-refractivity contribution in [3.8, 4) is 5.75 Å². The molecular weight excluding hydrogens is 440 g/mol. The summed E-state index contributed by atoms with van der Waals surface area (Å²) in [5, 5.41) is 24.4. The normalized spacial score (nSPS) is 18.4.